The molecule has 3 atom stereocenters. The molecule has 1 fully saturated rings. The lowest BCUT2D eigenvalue weighted by atomic mass is 9.85. The summed E-state index contributed by atoms with van der Waals surface area (Å²) in [5.74, 6) is 0.847. The Balaban J connectivity index is 2.10. The predicted molar refractivity (Wildman–Crippen MR) is 76.9 cm³/mol. The van der Waals surface area contributed by atoms with Gasteiger partial charge in [-0.25, -0.2) is 0 Å². The van der Waals surface area contributed by atoms with Crippen LogP contribution >= 0.6 is 0 Å². The summed E-state index contributed by atoms with van der Waals surface area (Å²) in [5, 5.41) is 13.9. The van der Waals surface area contributed by atoms with Gasteiger partial charge in [0.05, 0.1) is 18.1 Å². The molecular weight excluding hydrogens is 276 g/mol. The van der Waals surface area contributed by atoms with Crippen molar-refractivity contribution in [3.05, 3.63) is 28.3 Å². The molecule has 1 aliphatic carbocycles. The monoisotopic (exact) mass is 296 g/mol. The summed E-state index contributed by atoms with van der Waals surface area (Å²) in [6.45, 7) is 2.55. The Morgan fingerprint density at radius 1 is 1.43 bits per heavy atom. The maximum absolute atomic E-state index is 10.8. The van der Waals surface area contributed by atoms with Crippen molar-refractivity contribution in [3.8, 4) is 11.5 Å². The first kappa shape index (κ1) is 15.5. The highest BCUT2D eigenvalue weighted by Gasteiger charge is 2.43. The molecule has 0 bridgehead atoms. The zero-order chi connectivity index (χ0) is 15.4. The van der Waals surface area contributed by atoms with Crippen LogP contribution in [0.15, 0.2) is 18.2 Å². The molecule has 1 aromatic carbocycles. The number of hydrogen-bond acceptors (Lipinski definition) is 6. The van der Waals surface area contributed by atoms with Crippen LogP contribution in [0, 0.1) is 10.1 Å². The van der Waals surface area contributed by atoms with Gasteiger partial charge in [-0.2, -0.15) is 0 Å². The van der Waals surface area contributed by atoms with Crippen LogP contribution in [-0.4, -0.2) is 43.9 Å². The number of non-ortho nitro benzene ring substituents is 1. The van der Waals surface area contributed by atoms with E-state index < -0.39 is 4.92 Å². The summed E-state index contributed by atoms with van der Waals surface area (Å²) in [6.07, 6.45) is 0.707. The molecule has 0 saturated heterocycles. The normalized spacial score (nSPS) is 24.2. The van der Waals surface area contributed by atoms with Gasteiger partial charge in [-0.15, -0.1) is 0 Å². The van der Waals surface area contributed by atoms with E-state index in [1.807, 2.05) is 14.0 Å². The van der Waals surface area contributed by atoms with Crippen molar-refractivity contribution >= 4 is 5.69 Å². The van der Waals surface area contributed by atoms with Gasteiger partial charge in [-0.3, -0.25) is 10.1 Å². The smallest absolute Gasteiger partial charge is 0.273 e. The first-order valence-electron chi connectivity index (χ1n) is 6.88. The molecule has 1 aromatic rings. The molecule has 1 aliphatic rings. The van der Waals surface area contributed by atoms with E-state index in [4.69, 9.17) is 14.2 Å². The zero-order valence-electron chi connectivity index (χ0n) is 12.4. The quantitative estimate of drug-likeness (QED) is 0.609. The number of hydrogen-bond donors (Lipinski definition) is 1. The van der Waals surface area contributed by atoms with E-state index in [0.717, 1.165) is 6.42 Å². The van der Waals surface area contributed by atoms with E-state index in [1.54, 1.807) is 6.07 Å². The Kier molecular flexibility index (Phi) is 4.98. The van der Waals surface area contributed by atoms with Crippen LogP contribution in [0.3, 0.4) is 0 Å². The molecule has 7 heteroatoms. The van der Waals surface area contributed by atoms with Crippen LogP contribution in [0.2, 0.25) is 0 Å². The second-order valence-corrected chi connectivity index (χ2v) is 4.80. The van der Waals surface area contributed by atoms with Crippen LogP contribution in [0.25, 0.3) is 0 Å². The summed E-state index contributed by atoms with van der Waals surface area (Å²) in [7, 11) is 3.35. The van der Waals surface area contributed by atoms with E-state index in [0.29, 0.717) is 18.1 Å². The standard InChI is InChI=1S/C14H20N2O5/c1-4-20-14-10(15-2)8-13(14)21-11-6-5-9(16(17)18)7-12(11)19-3/h5-7,10,13-15H,4,8H2,1-3H3. The Morgan fingerprint density at radius 3 is 2.76 bits per heavy atom. The highest BCUT2D eigenvalue weighted by molar-refractivity contribution is 5.48. The van der Waals surface area contributed by atoms with Gasteiger partial charge in [0, 0.05) is 25.1 Å². The van der Waals surface area contributed by atoms with E-state index in [2.05, 4.69) is 5.32 Å². The van der Waals surface area contributed by atoms with Crippen molar-refractivity contribution in [1.82, 2.24) is 5.32 Å². The average Bonchev–Trinajstić information content (AvgIpc) is 2.48. The van der Waals surface area contributed by atoms with Crippen molar-refractivity contribution in [2.24, 2.45) is 0 Å². The van der Waals surface area contributed by atoms with Crippen molar-refractivity contribution in [2.75, 3.05) is 20.8 Å². The van der Waals surface area contributed by atoms with Gasteiger partial charge in [0.2, 0.25) is 0 Å². The molecule has 1 N–H and O–H groups in total. The minimum absolute atomic E-state index is 0.0257. The van der Waals surface area contributed by atoms with Crippen LogP contribution < -0.4 is 14.8 Å². The lowest BCUT2D eigenvalue weighted by molar-refractivity contribution is -0.385. The number of rotatable bonds is 7. The number of ether oxygens (including phenoxy) is 3. The Labute approximate surface area is 123 Å². The summed E-state index contributed by atoms with van der Waals surface area (Å²) >= 11 is 0. The summed E-state index contributed by atoms with van der Waals surface area (Å²) in [6, 6.07) is 4.59. The number of nitro benzene ring substituents is 1. The van der Waals surface area contributed by atoms with Gasteiger partial charge < -0.3 is 19.5 Å². The summed E-state index contributed by atoms with van der Waals surface area (Å²) in [5.41, 5.74) is -0.0257. The fraction of sp³-hybridized carbons (Fsp3) is 0.571. The molecule has 3 unspecified atom stereocenters. The number of nitrogens with one attached hydrogen (secondary N) is 1. The number of benzene rings is 1. The molecule has 0 amide bonds. The molecule has 0 spiro atoms. The number of likely N-dealkylation sites (N-methyl/N-ethyl adjacent to an activating group) is 1. The molecule has 2 rings (SSSR count). The second kappa shape index (κ2) is 6.73. The predicted octanol–water partition coefficient (Wildman–Crippen LogP) is 1.75. The van der Waals surface area contributed by atoms with Crippen molar-refractivity contribution in [2.45, 2.75) is 31.6 Å². The number of methoxy groups -OCH3 is 1. The second-order valence-electron chi connectivity index (χ2n) is 4.80. The van der Waals surface area contributed by atoms with E-state index in [-0.39, 0.29) is 23.9 Å². The first-order chi connectivity index (χ1) is 10.1. The third kappa shape index (κ3) is 3.25. The van der Waals surface area contributed by atoms with E-state index >= 15 is 0 Å². The zero-order valence-corrected chi connectivity index (χ0v) is 12.4. The summed E-state index contributed by atoms with van der Waals surface area (Å²) < 4.78 is 16.7. The third-order valence-corrected chi connectivity index (χ3v) is 3.62. The van der Waals surface area contributed by atoms with E-state index in [1.165, 1.54) is 19.2 Å². The Hall–Kier alpha value is -1.86. The van der Waals surface area contributed by atoms with Crippen LogP contribution in [0.4, 0.5) is 5.69 Å². The maximum Gasteiger partial charge on any atom is 0.273 e. The molecule has 7 nitrogen and oxygen atoms in total. The average molecular weight is 296 g/mol. The fourth-order valence-corrected chi connectivity index (χ4v) is 2.43. The lowest BCUT2D eigenvalue weighted by Gasteiger charge is -2.43. The molecule has 0 aromatic heterocycles. The van der Waals surface area contributed by atoms with Gasteiger partial charge in [0.25, 0.3) is 5.69 Å². The highest BCUT2D eigenvalue weighted by Crippen LogP contribution is 2.36. The lowest BCUT2D eigenvalue weighted by Crippen LogP contribution is -2.60. The van der Waals surface area contributed by atoms with Crippen molar-refractivity contribution in [1.29, 1.82) is 0 Å². The largest absolute Gasteiger partial charge is 0.493 e. The highest BCUT2D eigenvalue weighted by atomic mass is 16.6. The Morgan fingerprint density at radius 2 is 2.19 bits per heavy atom. The minimum Gasteiger partial charge on any atom is -0.493 e. The SMILES string of the molecule is CCOC1C(NC)CC1Oc1ccc([N+](=O)[O-])cc1OC. The first-order valence-corrected chi connectivity index (χ1v) is 6.88. The minimum atomic E-state index is -0.463. The molecule has 116 valence electrons. The van der Waals surface area contributed by atoms with Crippen LogP contribution in [0.1, 0.15) is 13.3 Å². The van der Waals surface area contributed by atoms with Crippen LogP contribution in [-0.2, 0) is 4.74 Å². The third-order valence-electron chi connectivity index (χ3n) is 3.62. The topological polar surface area (TPSA) is 82.9 Å². The number of nitro groups is 1. The van der Waals surface area contributed by atoms with Gasteiger partial charge >= 0.3 is 0 Å². The van der Waals surface area contributed by atoms with Crippen molar-refractivity contribution in [3.63, 3.8) is 0 Å². The fourth-order valence-electron chi connectivity index (χ4n) is 2.43. The van der Waals surface area contributed by atoms with Gasteiger partial charge in [-0.1, -0.05) is 0 Å². The van der Waals surface area contributed by atoms with Gasteiger partial charge in [0.15, 0.2) is 11.5 Å². The molecular formula is C14H20N2O5. The molecule has 21 heavy (non-hydrogen) atoms. The molecule has 0 aliphatic heterocycles. The van der Waals surface area contributed by atoms with E-state index in [9.17, 15) is 10.1 Å². The Bertz CT molecular complexity index is 508. The van der Waals surface area contributed by atoms with Crippen molar-refractivity contribution < 1.29 is 19.1 Å². The molecule has 1 saturated carbocycles. The van der Waals surface area contributed by atoms with Gasteiger partial charge in [0.1, 0.15) is 12.2 Å². The molecule has 0 radical (unpaired) electrons. The maximum atomic E-state index is 10.8. The molecule has 0 heterocycles. The summed E-state index contributed by atoms with van der Waals surface area (Å²) in [4.78, 5) is 10.3. The van der Waals surface area contributed by atoms with Crippen LogP contribution in [0.5, 0.6) is 11.5 Å². The van der Waals surface area contributed by atoms with Gasteiger partial charge in [-0.05, 0) is 20.0 Å². The number of nitrogens with zero attached hydrogens (tertiary/aromatic N) is 1.